The number of carbonyl (C=O) groups excluding carboxylic acids is 1. The molecule has 0 aliphatic rings. The first-order valence-electron chi connectivity index (χ1n) is 8.10. The Morgan fingerprint density at radius 1 is 1.11 bits per heavy atom. The average molecular weight is 385 g/mol. The fourth-order valence-corrected chi connectivity index (χ4v) is 3.31. The van der Waals surface area contributed by atoms with Gasteiger partial charge in [-0.25, -0.2) is 9.97 Å². The molecule has 0 spiro atoms. The highest BCUT2D eigenvalue weighted by atomic mass is 32.1. The monoisotopic (exact) mass is 385 g/mol. The number of rotatable bonds is 7. The average Bonchev–Trinajstić information content (AvgIpc) is 3.16. The molecule has 0 unspecified atom stereocenters. The van der Waals surface area contributed by atoms with Gasteiger partial charge >= 0.3 is 0 Å². The van der Waals surface area contributed by atoms with Crippen LogP contribution in [0.15, 0.2) is 41.9 Å². The Labute approximate surface area is 161 Å². The van der Waals surface area contributed by atoms with E-state index in [2.05, 4.69) is 15.3 Å². The van der Waals surface area contributed by atoms with Gasteiger partial charge in [0.2, 0.25) is 11.8 Å². The summed E-state index contributed by atoms with van der Waals surface area (Å²) in [6.45, 7) is 0. The van der Waals surface area contributed by atoms with E-state index >= 15 is 0 Å². The molecule has 3 rings (SSSR count). The van der Waals surface area contributed by atoms with Crippen molar-refractivity contribution in [2.75, 3.05) is 26.6 Å². The lowest BCUT2D eigenvalue weighted by atomic mass is 10.2. The van der Waals surface area contributed by atoms with E-state index < -0.39 is 0 Å². The van der Waals surface area contributed by atoms with E-state index in [9.17, 15) is 4.79 Å². The topological polar surface area (TPSA) is 82.6 Å². The molecule has 0 saturated heterocycles. The number of methoxy groups -OCH3 is 3. The van der Waals surface area contributed by atoms with Crippen LogP contribution in [0.4, 0.5) is 5.69 Å². The van der Waals surface area contributed by atoms with Gasteiger partial charge in [0, 0.05) is 17.1 Å². The van der Waals surface area contributed by atoms with Gasteiger partial charge < -0.3 is 19.5 Å². The number of carbonyl (C=O) groups is 1. The maximum Gasteiger partial charge on any atom is 0.237 e. The molecule has 0 radical (unpaired) electrons. The molecule has 1 N–H and O–H groups in total. The van der Waals surface area contributed by atoms with Crippen LogP contribution >= 0.6 is 11.3 Å². The molecule has 0 fully saturated rings. The highest BCUT2D eigenvalue weighted by Crippen LogP contribution is 2.33. The number of thiazole rings is 1. The van der Waals surface area contributed by atoms with Gasteiger partial charge in [-0.2, -0.15) is 0 Å². The van der Waals surface area contributed by atoms with E-state index in [0.29, 0.717) is 28.8 Å². The first-order chi connectivity index (χ1) is 13.1. The summed E-state index contributed by atoms with van der Waals surface area (Å²) in [5, 5.41) is 5.46. The molecule has 2 heterocycles. The van der Waals surface area contributed by atoms with Crippen LogP contribution in [0.2, 0.25) is 0 Å². The zero-order valence-electron chi connectivity index (χ0n) is 15.2. The maximum atomic E-state index is 12.3. The molecule has 7 nitrogen and oxygen atoms in total. The molecule has 1 aromatic carbocycles. The fraction of sp³-hybridized carbons (Fsp3) is 0.211. The van der Waals surface area contributed by atoms with Crippen LogP contribution in [-0.2, 0) is 11.2 Å². The van der Waals surface area contributed by atoms with Crippen molar-refractivity contribution in [2.45, 2.75) is 6.42 Å². The molecule has 0 bridgehead atoms. The summed E-state index contributed by atoms with van der Waals surface area (Å²) in [7, 11) is 4.69. The Morgan fingerprint density at radius 2 is 1.93 bits per heavy atom. The molecule has 0 aliphatic carbocycles. The van der Waals surface area contributed by atoms with Crippen LogP contribution in [0.25, 0.3) is 10.6 Å². The predicted molar refractivity (Wildman–Crippen MR) is 104 cm³/mol. The largest absolute Gasteiger partial charge is 0.493 e. The first kappa shape index (κ1) is 18.7. The molecule has 8 heteroatoms. The van der Waals surface area contributed by atoms with Crippen LogP contribution in [0.5, 0.6) is 17.4 Å². The lowest BCUT2D eigenvalue weighted by Gasteiger charge is -2.08. The molecule has 0 saturated carbocycles. The highest BCUT2D eigenvalue weighted by molar-refractivity contribution is 7.13. The smallest absolute Gasteiger partial charge is 0.237 e. The predicted octanol–water partition coefficient (Wildman–Crippen LogP) is 3.41. The van der Waals surface area contributed by atoms with Crippen LogP contribution in [-0.4, -0.2) is 37.2 Å². The molecular formula is C19H19N3O4S. The van der Waals surface area contributed by atoms with Gasteiger partial charge in [0.25, 0.3) is 0 Å². The van der Waals surface area contributed by atoms with Crippen LogP contribution in [0.3, 0.4) is 0 Å². The Kier molecular flexibility index (Phi) is 5.87. The molecule has 2 aromatic heterocycles. The van der Waals surface area contributed by atoms with Gasteiger partial charge in [-0.05, 0) is 30.3 Å². The lowest BCUT2D eigenvalue weighted by Crippen LogP contribution is -2.15. The van der Waals surface area contributed by atoms with Gasteiger partial charge in [-0.15, -0.1) is 11.3 Å². The number of benzene rings is 1. The van der Waals surface area contributed by atoms with Crippen molar-refractivity contribution in [1.82, 2.24) is 9.97 Å². The van der Waals surface area contributed by atoms with E-state index in [-0.39, 0.29) is 12.3 Å². The molecule has 1 amide bonds. The quantitative estimate of drug-likeness (QED) is 0.671. The third-order valence-corrected chi connectivity index (χ3v) is 4.70. The van der Waals surface area contributed by atoms with Crippen molar-refractivity contribution in [3.8, 4) is 28.0 Å². The molecule has 0 aliphatic heterocycles. The SMILES string of the molecule is COc1ccc(-c2nc(CC(=O)Nc3cccnc3OC)cs2)cc1OC. The van der Waals surface area contributed by atoms with E-state index in [1.807, 2.05) is 23.6 Å². The summed E-state index contributed by atoms with van der Waals surface area (Å²) in [4.78, 5) is 20.9. The molecule has 140 valence electrons. The summed E-state index contributed by atoms with van der Waals surface area (Å²) < 4.78 is 15.7. The van der Waals surface area contributed by atoms with Crippen molar-refractivity contribution in [3.05, 3.63) is 47.6 Å². The minimum Gasteiger partial charge on any atom is -0.493 e. The number of anilines is 1. The third-order valence-electron chi connectivity index (χ3n) is 3.76. The van der Waals surface area contributed by atoms with Crippen molar-refractivity contribution in [1.29, 1.82) is 0 Å². The summed E-state index contributed by atoms with van der Waals surface area (Å²) in [5.74, 6) is 1.47. The number of nitrogens with zero attached hydrogens (tertiary/aromatic N) is 2. The Bertz CT molecular complexity index is 942. The minimum absolute atomic E-state index is 0.155. The fourth-order valence-electron chi connectivity index (χ4n) is 2.50. The Morgan fingerprint density at radius 3 is 2.67 bits per heavy atom. The summed E-state index contributed by atoms with van der Waals surface area (Å²) in [5.41, 5.74) is 2.11. The first-order valence-corrected chi connectivity index (χ1v) is 8.98. The van der Waals surface area contributed by atoms with Gasteiger partial charge in [-0.1, -0.05) is 0 Å². The van der Waals surface area contributed by atoms with E-state index in [1.54, 1.807) is 32.5 Å². The van der Waals surface area contributed by atoms with Crippen LogP contribution in [0, 0.1) is 0 Å². The van der Waals surface area contributed by atoms with Crippen LogP contribution < -0.4 is 19.5 Å². The van der Waals surface area contributed by atoms with Crippen LogP contribution in [0.1, 0.15) is 5.69 Å². The number of aromatic nitrogens is 2. The normalized spacial score (nSPS) is 10.3. The lowest BCUT2D eigenvalue weighted by molar-refractivity contribution is -0.115. The number of amides is 1. The minimum atomic E-state index is -0.189. The molecule has 3 aromatic rings. The number of pyridine rings is 1. The summed E-state index contributed by atoms with van der Waals surface area (Å²) in [6.07, 6.45) is 1.76. The zero-order chi connectivity index (χ0) is 19.2. The molecule has 27 heavy (non-hydrogen) atoms. The summed E-state index contributed by atoms with van der Waals surface area (Å²) >= 11 is 1.47. The molecule has 0 atom stereocenters. The highest BCUT2D eigenvalue weighted by Gasteiger charge is 2.13. The molecular weight excluding hydrogens is 366 g/mol. The van der Waals surface area contributed by atoms with E-state index in [1.165, 1.54) is 18.4 Å². The standard InChI is InChI=1S/C19H19N3O4S/c1-24-15-7-6-12(9-16(15)25-2)19-21-13(11-27-19)10-17(23)22-14-5-4-8-20-18(14)26-3/h4-9,11H,10H2,1-3H3,(H,22,23). The number of hydrogen-bond donors (Lipinski definition) is 1. The van der Waals surface area contributed by atoms with Crippen molar-refractivity contribution in [3.63, 3.8) is 0 Å². The maximum absolute atomic E-state index is 12.3. The van der Waals surface area contributed by atoms with Crippen molar-refractivity contribution >= 4 is 22.9 Å². The van der Waals surface area contributed by atoms with Gasteiger partial charge in [0.1, 0.15) is 10.7 Å². The Hall–Kier alpha value is -3.13. The van der Waals surface area contributed by atoms with Gasteiger partial charge in [0.05, 0.1) is 33.4 Å². The zero-order valence-corrected chi connectivity index (χ0v) is 16.0. The van der Waals surface area contributed by atoms with Crippen molar-refractivity contribution < 1.29 is 19.0 Å². The Balaban J connectivity index is 1.71. The second kappa shape index (κ2) is 8.50. The summed E-state index contributed by atoms with van der Waals surface area (Å²) in [6, 6.07) is 9.07. The number of nitrogens with one attached hydrogen (secondary N) is 1. The van der Waals surface area contributed by atoms with Gasteiger partial charge in [0.15, 0.2) is 11.5 Å². The number of hydrogen-bond acceptors (Lipinski definition) is 7. The van der Waals surface area contributed by atoms with E-state index in [0.717, 1.165) is 10.6 Å². The second-order valence-corrected chi connectivity index (χ2v) is 6.36. The van der Waals surface area contributed by atoms with Gasteiger partial charge in [-0.3, -0.25) is 4.79 Å². The number of ether oxygens (including phenoxy) is 3. The second-order valence-electron chi connectivity index (χ2n) is 5.50. The third kappa shape index (κ3) is 4.35. The van der Waals surface area contributed by atoms with E-state index in [4.69, 9.17) is 14.2 Å². The van der Waals surface area contributed by atoms with Crippen molar-refractivity contribution in [2.24, 2.45) is 0 Å².